The first-order valence-corrected chi connectivity index (χ1v) is 4.74. The van der Waals surface area contributed by atoms with E-state index in [0.29, 0.717) is 11.6 Å². The fraction of sp³-hybridized carbons (Fsp3) is 0.250. The van der Waals surface area contributed by atoms with E-state index >= 15 is 0 Å². The monoisotopic (exact) mass is 291 g/mol. The van der Waals surface area contributed by atoms with E-state index in [1.807, 2.05) is 6.92 Å². The number of aliphatic imine (C=N–C) groups is 1. The third-order valence-corrected chi connectivity index (χ3v) is 2.20. The van der Waals surface area contributed by atoms with Gasteiger partial charge in [0.15, 0.2) is 0 Å². The van der Waals surface area contributed by atoms with Crippen LogP contribution in [0.2, 0.25) is 0 Å². The number of allylic oxidation sites excluding steroid dienone is 2. The van der Waals surface area contributed by atoms with Gasteiger partial charge in [-0.15, -0.1) is 0 Å². The number of methoxy groups -OCH3 is 1. The van der Waals surface area contributed by atoms with Crippen LogP contribution in [0.25, 0.3) is 0 Å². The Morgan fingerprint density at radius 3 is 2.85 bits per heavy atom. The Hall–Kier alpha value is -0.850. The van der Waals surface area contributed by atoms with Crippen molar-refractivity contribution in [3.05, 3.63) is 24.2 Å². The summed E-state index contributed by atoms with van der Waals surface area (Å²) in [7, 11) is 1.58. The predicted octanol–water partition coefficient (Wildman–Crippen LogP) is 1.80. The maximum Gasteiger partial charge on any atom is 0.209 e. The average molecular weight is 291 g/mol. The molecular weight excluding hydrogens is 281 g/mol. The molecule has 0 atom stereocenters. The Kier molecular flexibility index (Phi) is 3.47. The van der Waals surface area contributed by atoms with Crippen LogP contribution in [-0.2, 0) is 4.74 Å². The summed E-state index contributed by atoms with van der Waals surface area (Å²) in [5, 5.41) is 3.96. The minimum Gasteiger partial charge on any atom is -0.481 e. The average Bonchev–Trinajstić information content (AvgIpc) is 2.44. The summed E-state index contributed by atoms with van der Waals surface area (Å²) in [4.78, 5) is 4.23. The smallest absolute Gasteiger partial charge is 0.209 e. The Labute approximate surface area is 90.6 Å². The number of hydrazone groups is 1. The molecule has 5 heteroatoms. The van der Waals surface area contributed by atoms with Crippen LogP contribution < -0.4 is 5.43 Å². The molecule has 0 aromatic rings. The third kappa shape index (κ3) is 2.30. The molecule has 0 saturated heterocycles. The summed E-state index contributed by atoms with van der Waals surface area (Å²) < 4.78 is 5.80. The van der Waals surface area contributed by atoms with E-state index in [-0.39, 0.29) is 0 Å². The Bertz CT molecular complexity index is 317. The molecule has 0 aromatic heterocycles. The fourth-order valence-electron chi connectivity index (χ4n) is 0.799. The van der Waals surface area contributed by atoms with Crippen molar-refractivity contribution in [3.63, 3.8) is 0 Å². The Morgan fingerprint density at radius 2 is 2.46 bits per heavy atom. The second kappa shape index (κ2) is 4.40. The molecule has 0 spiro atoms. The summed E-state index contributed by atoms with van der Waals surface area (Å²) in [6.07, 6.45) is 1.78. The van der Waals surface area contributed by atoms with Gasteiger partial charge in [0.25, 0.3) is 0 Å². The third-order valence-electron chi connectivity index (χ3n) is 1.45. The van der Waals surface area contributed by atoms with Gasteiger partial charge in [-0.25, -0.2) is 4.99 Å². The summed E-state index contributed by atoms with van der Waals surface area (Å²) in [6, 6.07) is 0. The standard InChI is InChI=1S/C8H10IN3O/c1-4-6(13-3)10-7-5(2)11-12-8(7)9/h4,11H,2H2,1,3H3/b6-4+,10-7?. The van der Waals surface area contributed by atoms with Crippen LogP contribution >= 0.6 is 22.6 Å². The SMILES string of the molecule is C=C1NN=C(I)C1=N/C(=C\C)OC. The molecule has 1 rings (SSSR count). The summed E-state index contributed by atoms with van der Waals surface area (Å²) in [5.41, 5.74) is 4.17. The molecule has 0 amide bonds. The molecule has 0 aliphatic carbocycles. The number of nitrogens with zero attached hydrogens (tertiary/aromatic N) is 2. The van der Waals surface area contributed by atoms with Crippen molar-refractivity contribution in [2.24, 2.45) is 10.1 Å². The van der Waals surface area contributed by atoms with Crippen LogP contribution in [-0.4, -0.2) is 16.5 Å². The lowest BCUT2D eigenvalue weighted by molar-refractivity contribution is 0.288. The van der Waals surface area contributed by atoms with E-state index in [2.05, 4.69) is 44.7 Å². The van der Waals surface area contributed by atoms with Crippen LogP contribution in [0.4, 0.5) is 0 Å². The normalized spacial score (nSPS) is 20.2. The molecule has 1 aliphatic rings. The second-order valence-corrected chi connectivity index (χ2v) is 3.31. The van der Waals surface area contributed by atoms with Crippen molar-refractivity contribution in [2.45, 2.75) is 6.92 Å². The molecule has 1 heterocycles. The van der Waals surface area contributed by atoms with Gasteiger partial charge in [0.05, 0.1) is 12.8 Å². The zero-order valence-electron chi connectivity index (χ0n) is 7.47. The minimum atomic E-state index is 0.559. The first kappa shape index (κ1) is 10.2. The molecule has 0 fully saturated rings. The maximum absolute atomic E-state index is 5.00. The molecule has 70 valence electrons. The quantitative estimate of drug-likeness (QED) is 0.623. The van der Waals surface area contributed by atoms with Crippen LogP contribution in [0.5, 0.6) is 0 Å². The van der Waals surface area contributed by atoms with Crippen LogP contribution in [0.1, 0.15) is 6.92 Å². The van der Waals surface area contributed by atoms with E-state index in [1.165, 1.54) is 0 Å². The molecule has 13 heavy (non-hydrogen) atoms. The Balaban J connectivity index is 2.93. The molecule has 0 radical (unpaired) electrons. The number of halogens is 1. The highest BCUT2D eigenvalue weighted by Crippen LogP contribution is 2.11. The molecule has 0 saturated carbocycles. The van der Waals surface area contributed by atoms with Crippen molar-refractivity contribution < 1.29 is 4.74 Å². The highest BCUT2D eigenvalue weighted by molar-refractivity contribution is 14.1. The van der Waals surface area contributed by atoms with Crippen molar-refractivity contribution in [3.8, 4) is 0 Å². The maximum atomic E-state index is 5.00. The second-order valence-electron chi connectivity index (χ2n) is 2.28. The largest absolute Gasteiger partial charge is 0.481 e. The van der Waals surface area contributed by atoms with E-state index in [0.717, 1.165) is 9.43 Å². The van der Waals surface area contributed by atoms with Crippen molar-refractivity contribution in [1.29, 1.82) is 0 Å². The van der Waals surface area contributed by atoms with Crippen molar-refractivity contribution >= 4 is 32.0 Å². The number of hydrogen-bond acceptors (Lipinski definition) is 4. The predicted molar refractivity (Wildman–Crippen MR) is 61.9 cm³/mol. The fourth-order valence-corrected chi connectivity index (χ4v) is 1.37. The lowest BCUT2D eigenvalue weighted by Crippen LogP contribution is -2.08. The van der Waals surface area contributed by atoms with Crippen LogP contribution in [0, 0.1) is 0 Å². The number of rotatable bonds is 2. The zero-order chi connectivity index (χ0) is 9.84. The van der Waals surface area contributed by atoms with Crippen molar-refractivity contribution in [1.82, 2.24) is 5.43 Å². The van der Waals surface area contributed by atoms with E-state index in [4.69, 9.17) is 4.74 Å². The van der Waals surface area contributed by atoms with E-state index < -0.39 is 0 Å². The van der Waals surface area contributed by atoms with Gasteiger partial charge < -0.3 is 4.74 Å². The molecule has 0 aromatic carbocycles. The Morgan fingerprint density at radius 1 is 1.77 bits per heavy atom. The molecular formula is C8H10IN3O. The van der Waals surface area contributed by atoms with Crippen LogP contribution in [0.15, 0.2) is 34.3 Å². The van der Waals surface area contributed by atoms with Gasteiger partial charge in [-0.2, -0.15) is 5.10 Å². The van der Waals surface area contributed by atoms with Crippen molar-refractivity contribution in [2.75, 3.05) is 7.11 Å². The molecule has 1 N–H and O–H groups in total. The van der Waals surface area contributed by atoms with Gasteiger partial charge in [-0.05, 0) is 35.6 Å². The molecule has 4 nitrogen and oxygen atoms in total. The first-order chi connectivity index (χ1) is 6.19. The highest BCUT2D eigenvalue weighted by atomic mass is 127. The van der Waals surface area contributed by atoms with Crippen LogP contribution in [0.3, 0.4) is 0 Å². The summed E-state index contributed by atoms with van der Waals surface area (Å²) in [6.45, 7) is 5.62. The molecule has 1 aliphatic heterocycles. The number of hydrogen-bond donors (Lipinski definition) is 1. The number of ether oxygens (including phenoxy) is 1. The zero-order valence-corrected chi connectivity index (χ0v) is 9.62. The first-order valence-electron chi connectivity index (χ1n) is 3.67. The molecule has 0 bridgehead atoms. The topological polar surface area (TPSA) is 46.0 Å². The number of nitrogens with one attached hydrogen (secondary N) is 1. The minimum absolute atomic E-state index is 0.559. The lowest BCUT2D eigenvalue weighted by atomic mass is 10.3. The van der Waals surface area contributed by atoms with Gasteiger partial charge >= 0.3 is 0 Å². The van der Waals surface area contributed by atoms with Gasteiger partial charge in [-0.3, -0.25) is 5.43 Å². The summed E-state index contributed by atoms with van der Waals surface area (Å²) >= 11 is 2.09. The van der Waals surface area contributed by atoms with E-state index in [1.54, 1.807) is 13.2 Å². The lowest BCUT2D eigenvalue weighted by Gasteiger charge is -2.00. The van der Waals surface area contributed by atoms with E-state index in [9.17, 15) is 0 Å². The van der Waals surface area contributed by atoms with Gasteiger partial charge in [0, 0.05) is 0 Å². The van der Waals surface area contributed by atoms with Gasteiger partial charge in [-0.1, -0.05) is 6.58 Å². The molecule has 0 unspecified atom stereocenters. The highest BCUT2D eigenvalue weighted by Gasteiger charge is 2.16. The van der Waals surface area contributed by atoms with Gasteiger partial charge in [0.2, 0.25) is 5.88 Å². The summed E-state index contributed by atoms with van der Waals surface area (Å²) in [5.74, 6) is 0.559. The van der Waals surface area contributed by atoms with Gasteiger partial charge in [0.1, 0.15) is 9.43 Å².